The molecule has 1 atom stereocenters. The van der Waals surface area contributed by atoms with E-state index in [1.165, 1.54) is 34.4 Å². The summed E-state index contributed by atoms with van der Waals surface area (Å²) in [5, 5.41) is 24.6. The van der Waals surface area contributed by atoms with E-state index in [-0.39, 0.29) is 16.4 Å². The monoisotopic (exact) mass is 497 g/mol. The lowest BCUT2D eigenvalue weighted by Crippen LogP contribution is -2.31. The fourth-order valence-corrected chi connectivity index (χ4v) is 5.63. The summed E-state index contributed by atoms with van der Waals surface area (Å²) in [6.07, 6.45) is 0. The minimum atomic E-state index is -1.09. The summed E-state index contributed by atoms with van der Waals surface area (Å²) in [7, 11) is 0. The van der Waals surface area contributed by atoms with Crippen LogP contribution in [0.4, 0.5) is 10.8 Å². The van der Waals surface area contributed by atoms with Gasteiger partial charge >= 0.3 is 0 Å². The number of carbonyl (C=O) groups excluding carboxylic acids is 2. The molecular formula is C22H12ClN3O5S2. The summed E-state index contributed by atoms with van der Waals surface area (Å²) in [5.41, 5.74) is 0.534. The van der Waals surface area contributed by atoms with Gasteiger partial charge in [0.1, 0.15) is 0 Å². The average Bonchev–Trinajstić information content (AvgIpc) is 3.52. The Morgan fingerprint density at radius 1 is 1.18 bits per heavy atom. The number of aromatic nitrogens is 1. The lowest BCUT2D eigenvalue weighted by Gasteiger charge is -2.24. The van der Waals surface area contributed by atoms with Crippen molar-refractivity contribution in [3.05, 3.63) is 96.9 Å². The van der Waals surface area contributed by atoms with Crippen LogP contribution >= 0.6 is 34.3 Å². The summed E-state index contributed by atoms with van der Waals surface area (Å²) >= 11 is 8.41. The summed E-state index contributed by atoms with van der Waals surface area (Å²) < 4.78 is 0.709. The normalized spacial score (nSPS) is 16.1. The number of halogens is 1. The van der Waals surface area contributed by atoms with Crippen LogP contribution in [-0.4, -0.2) is 26.7 Å². The quantitative estimate of drug-likeness (QED) is 0.215. The van der Waals surface area contributed by atoms with Gasteiger partial charge in [0.2, 0.25) is 5.78 Å². The molecule has 1 aliphatic rings. The van der Waals surface area contributed by atoms with Gasteiger partial charge in [-0.3, -0.25) is 24.6 Å². The maximum atomic E-state index is 13.3. The summed E-state index contributed by atoms with van der Waals surface area (Å²) in [4.78, 5) is 43.4. The molecule has 1 unspecified atom stereocenters. The van der Waals surface area contributed by atoms with Crippen molar-refractivity contribution in [1.82, 2.24) is 4.98 Å². The van der Waals surface area contributed by atoms with Crippen molar-refractivity contribution in [2.24, 2.45) is 0 Å². The van der Waals surface area contributed by atoms with Crippen LogP contribution in [0.15, 0.2) is 71.3 Å². The van der Waals surface area contributed by atoms with E-state index < -0.39 is 28.4 Å². The molecule has 5 rings (SSSR count). The van der Waals surface area contributed by atoms with Crippen LogP contribution in [0.25, 0.3) is 10.2 Å². The van der Waals surface area contributed by atoms with Crippen molar-refractivity contribution in [3.8, 4) is 0 Å². The van der Waals surface area contributed by atoms with Gasteiger partial charge in [0.15, 0.2) is 10.9 Å². The van der Waals surface area contributed by atoms with Crippen LogP contribution in [0.5, 0.6) is 0 Å². The number of nitro benzene ring substituents is 1. The van der Waals surface area contributed by atoms with Crippen LogP contribution in [0.3, 0.4) is 0 Å². The Morgan fingerprint density at radius 2 is 2.00 bits per heavy atom. The first-order chi connectivity index (χ1) is 15.8. The SMILES string of the molecule is O=C(C1=C(O)C(=O)N(c2nc3ccc(Cl)cc3s2)C1c1cccc([N+](=O)[O-])c1)c1cccs1. The number of hydrogen-bond acceptors (Lipinski definition) is 8. The molecule has 11 heteroatoms. The largest absolute Gasteiger partial charge is 0.503 e. The minimum Gasteiger partial charge on any atom is -0.503 e. The van der Waals surface area contributed by atoms with E-state index in [9.17, 15) is 24.8 Å². The second-order valence-corrected chi connectivity index (χ2v) is 9.50. The van der Waals surface area contributed by atoms with Gasteiger partial charge in [-0.1, -0.05) is 41.1 Å². The van der Waals surface area contributed by atoms with Crippen LogP contribution < -0.4 is 4.90 Å². The smallest absolute Gasteiger partial charge is 0.296 e. The van der Waals surface area contributed by atoms with Crippen LogP contribution in [-0.2, 0) is 4.79 Å². The second kappa shape index (κ2) is 8.07. The fraction of sp³-hybridized carbons (Fsp3) is 0.0455. The van der Waals surface area contributed by atoms with Gasteiger partial charge in [0.25, 0.3) is 11.6 Å². The maximum Gasteiger partial charge on any atom is 0.296 e. The molecule has 1 N–H and O–H groups in total. The van der Waals surface area contributed by atoms with E-state index in [0.29, 0.717) is 25.7 Å². The first-order valence-electron chi connectivity index (χ1n) is 9.50. The minimum absolute atomic E-state index is 0.153. The maximum absolute atomic E-state index is 13.3. The predicted molar refractivity (Wildman–Crippen MR) is 126 cm³/mol. The van der Waals surface area contributed by atoms with Crippen molar-refractivity contribution in [3.63, 3.8) is 0 Å². The zero-order valence-corrected chi connectivity index (χ0v) is 18.9. The highest BCUT2D eigenvalue weighted by Crippen LogP contribution is 2.45. The number of Topliss-reactive ketones (excluding diaryl/α,β-unsaturated/α-hetero) is 1. The fourth-order valence-electron chi connectivity index (χ4n) is 3.69. The standard InChI is InChI=1S/C22H12ClN3O5S2/c23-12-6-7-14-16(10-12)33-22(24-14)25-18(11-3-1-4-13(9-11)26(30)31)17(20(28)21(25)29)19(27)15-5-2-8-32-15/h1-10,18,28H. The number of thiazole rings is 1. The van der Waals surface area contributed by atoms with Gasteiger partial charge in [0, 0.05) is 17.2 Å². The molecule has 0 saturated heterocycles. The molecule has 8 nitrogen and oxygen atoms in total. The molecular weight excluding hydrogens is 486 g/mol. The lowest BCUT2D eigenvalue weighted by molar-refractivity contribution is -0.384. The van der Waals surface area contributed by atoms with Gasteiger partial charge in [-0.25, -0.2) is 4.98 Å². The van der Waals surface area contributed by atoms with Gasteiger partial charge in [-0.15, -0.1) is 11.3 Å². The van der Waals surface area contributed by atoms with Crippen LogP contribution in [0.2, 0.25) is 5.02 Å². The van der Waals surface area contributed by atoms with Crippen molar-refractivity contribution in [2.75, 3.05) is 4.90 Å². The number of anilines is 1. The highest BCUT2D eigenvalue weighted by molar-refractivity contribution is 7.22. The zero-order chi connectivity index (χ0) is 23.3. The predicted octanol–water partition coefficient (Wildman–Crippen LogP) is 5.70. The summed E-state index contributed by atoms with van der Waals surface area (Å²) in [5.74, 6) is -2.04. The molecule has 164 valence electrons. The van der Waals surface area contributed by atoms with Crippen molar-refractivity contribution in [2.45, 2.75) is 6.04 Å². The van der Waals surface area contributed by atoms with E-state index in [1.54, 1.807) is 41.8 Å². The van der Waals surface area contributed by atoms with Gasteiger partial charge in [0.05, 0.1) is 31.6 Å². The number of carbonyl (C=O) groups is 2. The number of non-ortho nitro benzene ring substituents is 1. The number of aliphatic hydroxyl groups excluding tert-OH is 1. The number of ketones is 1. The van der Waals surface area contributed by atoms with Gasteiger partial charge in [-0.05, 0) is 35.2 Å². The third-order valence-electron chi connectivity index (χ3n) is 5.14. The highest BCUT2D eigenvalue weighted by atomic mass is 35.5. The lowest BCUT2D eigenvalue weighted by atomic mass is 9.95. The number of rotatable bonds is 5. The Morgan fingerprint density at radius 3 is 2.73 bits per heavy atom. The van der Waals surface area contributed by atoms with Crippen LogP contribution in [0.1, 0.15) is 21.3 Å². The van der Waals surface area contributed by atoms with E-state index in [1.807, 2.05) is 0 Å². The number of thiophene rings is 1. The Bertz CT molecular complexity index is 1480. The Labute approximate surface area is 199 Å². The summed E-state index contributed by atoms with van der Waals surface area (Å²) in [6.45, 7) is 0. The Hall–Kier alpha value is -3.60. The van der Waals surface area contributed by atoms with E-state index in [4.69, 9.17) is 11.6 Å². The van der Waals surface area contributed by atoms with Crippen molar-refractivity contribution >= 4 is 67.0 Å². The molecule has 1 aliphatic heterocycles. The highest BCUT2D eigenvalue weighted by Gasteiger charge is 2.46. The summed E-state index contributed by atoms with van der Waals surface area (Å²) in [6, 6.07) is 12.9. The van der Waals surface area contributed by atoms with Gasteiger partial charge in [-0.2, -0.15) is 0 Å². The number of nitro groups is 1. The van der Waals surface area contributed by atoms with E-state index in [2.05, 4.69) is 4.98 Å². The molecule has 4 aromatic rings. The first kappa shape index (κ1) is 21.3. The third kappa shape index (κ3) is 3.58. The number of fused-ring (bicyclic) bond motifs is 1. The number of hydrogen-bond donors (Lipinski definition) is 1. The van der Waals surface area contributed by atoms with E-state index in [0.717, 1.165) is 11.3 Å². The molecule has 2 aromatic heterocycles. The molecule has 0 saturated carbocycles. The number of aliphatic hydroxyl groups is 1. The second-order valence-electron chi connectivity index (χ2n) is 7.11. The molecule has 2 aromatic carbocycles. The molecule has 33 heavy (non-hydrogen) atoms. The Kier molecular flexibility index (Phi) is 5.20. The number of benzene rings is 2. The number of amides is 1. The third-order valence-corrected chi connectivity index (χ3v) is 7.26. The molecule has 0 spiro atoms. The molecule has 0 fully saturated rings. The Balaban J connectivity index is 1.70. The van der Waals surface area contributed by atoms with E-state index >= 15 is 0 Å². The topological polar surface area (TPSA) is 114 Å². The molecule has 0 aliphatic carbocycles. The first-order valence-corrected chi connectivity index (χ1v) is 11.6. The van der Waals surface area contributed by atoms with Crippen molar-refractivity contribution in [1.29, 1.82) is 0 Å². The van der Waals surface area contributed by atoms with Gasteiger partial charge < -0.3 is 5.11 Å². The molecule has 0 bridgehead atoms. The average molecular weight is 498 g/mol. The van der Waals surface area contributed by atoms with Crippen molar-refractivity contribution < 1.29 is 19.6 Å². The number of nitrogens with zero attached hydrogens (tertiary/aromatic N) is 3. The molecule has 3 heterocycles. The zero-order valence-electron chi connectivity index (χ0n) is 16.5. The van der Waals surface area contributed by atoms with Crippen LogP contribution in [0, 0.1) is 10.1 Å². The molecule has 0 radical (unpaired) electrons. The molecule has 1 amide bonds.